The maximum atomic E-state index is 13.3. The summed E-state index contributed by atoms with van der Waals surface area (Å²) in [5, 5.41) is 25.3. The molecule has 2 heterocycles. The number of hydrogen-bond donors (Lipinski definition) is 2. The molecular weight excluding hydrogens is 481 g/mol. The van der Waals surface area contributed by atoms with Crippen molar-refractivity contribution < 1.29 is 33.6 Å². The summed E-state index contributed by atoms with van der Waals surface area (Å²) in [6, 6.07) is 11.0. The molecule has 4 rings (SSSR count). The van der Waals surface area contributed by atoms with Crippen LogP contribution in [0.5, 0.6) is 11.5 Å². The van der Waals surface area contributed by atoms with E-state index in [1.54, 1.807) is 30.5 Å². The van der Waals surface area contributed by atoms with Gasteiger partial charge >= 0.3 is 5.97 Å². The molecule has 0 aliphatic heterocycles. The number of rotatable bonds is 11. The smallest absolute Gasteiger partial charge is 0.338 e. The first-order valence-corrected chi connectivity index (χ1v) is 11.6. The summed E-state index contributed by atoms with van der Waals surface area (Å²) < 4.78 is 31.8. The number of aromatic nitrogens is 3. The maximum Gasteiger partial charge on any atom is 0.338 e. The molecule has 9 nitrogen and oxygen atoms in total. The standard InChI is InChI=1S/C27H28FN3O6/c1-16-22(35-2)12-18(13-23(16)36-3)26(32)24(37-11-9-17-4-6-19(28)7-5-17)15-31-14-21-25(30-31)20(27(33)34)8-10-29-21/h4-8,10,12-14,24,26,32H,9,11,15H2,1-3H3,(H,33,34)/t24-,26+/m0/s1. The molecule has 0 saturated carbocycles. The van der Waals surface area contributed by atoms with Gasteiger partial charge in [0, 0.05) is 11.8 Å². The number of carboxylic acid groups (broad SMARTS) is 1. The molecular formula is C27H28FN3O6. The highest BCUT2D eigenvalue weighted by Gasteiger charge is 2.26. The van der Waals surface area contributed by atoms with Gasteiger partial charge in [0.05, 0.1) is 39.1 Å². The van der Waals surface area contributed by atoms with E-state index < -0.39 is 18.2 Å². The average molecular weight is 510 g/mol. The summed E-state index contributed by atoms with van der Waals surface area (Å²) in [6.45, 7) is 2.21. The molecule has 0 bridgehead atoms. The molecule has 0 aliphatic rings. The molecule has 2 aromatic heterocycles. The van der Waals surface area contributed by atoms with E-state index in [0.29, 0.717) is 29.0 Å². The molecule has 37 heavy (non-hydrogen) atoms. The van der Waals surface area contributed by atoms with Crippen molar-refractivity contribution in [2.45, 2.75) is 32.1 Å². The highest BCUT2D eigenvalue weighted by molar-refractivity contribution is 6.00. The van der Waals surface area contributed by atoms with Gasteiger partial charge in [0.25, 0.3) is 0 Å². The Hall–Kier alpha value is -4.02. The van der Waals surface area contributed by atoms with Crippen molar-refractivity contribution in [3.8, 4) is 11.5 Å². The van der Waals surface area contributed by atoms with Gasteiger partial charge in [-0.05, 0) is 54.8 Å². The number of pyridine rings is 1. The van der Waals surface area contributed by atoms with E-state index in [-0.39, 0.29) is 30.0 Å². The molecule has 0 aliphatic carbocycles. The van der Waals surface area contributed by atoms with Gasteiger partial charge in [-0.25, -0.2) is 9.18 Å². The van der Waals surface area contributed by atoms with Crippen LogP contribution in [0.25, 0.3) is 11.0 Å². The Morgan fingerprint density at radius 2 is 1.78 bits per heavy atom. The second kappa shape index (κ2) is 11.4. The van der Waals surface area contributed by atoms with Crippen molar-refractivity contribution in [1.82, 2.24) is 14.8 Å². The quantitative estimate of drug-likeness (QED) is 0.312. The number of aliphatic hydroxyl groups is 1. The van der Waals surface area contributed by atoms with E-state index in [1.165, 1.54) is 43.3 Å². The van der Waals surface area contributed by atoms with Crippen molar-refractivity contribution in [3.63, 3.8) is 0 Å². The predicted molar refractivity (Wildman–Crippen MR) is 134 cm³/mol. The zero-order chi connectivity index (χ0) is 26.5. The number of carbonyl (C=O) groups is 1. The van der Waals surface area contributed by atoms with Crippen LogP contribution in [-0.2, 0) is 17.7 Å². The highest BCUT2D eigenvalue weighted by Crippen LogP contribution is 2.34. The summed E-state index contributed by atoms with van der Waals surface area (Å²) in [4.78, 5) is 15.8. The molecule has 2 N–H and O–H groups in total. The number of aliphatic hydroxyl groups excluding tert-OH is 1. The Morgan fingerprint density at radius 3 is 2.41 bits per heavy atom. The summed E-state index contributed by atoms with van der Waals surface area (Å²) >= 11 is 0. The molecule has 10 heteroatoms. The minimum Gasteiger partial charge on any atom is -0.496 e. The molecule has 0 spiro atoms. The van der Waals surface area contributed by atoms with Gasteiger partial charge in [-0.3, -0.25) is 9.67 Å². The fourth-order valence-corrected chi connectivity index (χ4v) is 4.13. The summed E-state index contributed by atoms with van der Waals surface area (Å²) in [6.07, 6.45) is 1.64. The lowest BCUT2D eigenvalue weighted by Crippen LogP contribution is -2.29. The second-order valence-electron chi connectivity index (χ2n) is 8.53. The molecule has 0 amide bonds. The summed E-state index contributed by atoms with van der Waals surface area (Å²) in [7, 11) is 3.08. The van der Waals surface area contributed by atoms with Gasteiger partial charge in [0.15, 0.2) is 0 Å². The molecule has 2 atom stereocenters. The maximum absolute atomic E-state index is 13.3. The number of carboxylic acids is 1. The molecule has 0 saturated heterocycles. The van der Waals surface area contributed by atoms with E-state index in [9.17, 15) is 19.4 Å². The number of fused-ring (bicyclic) bond motifs is 1. The van der Waals surface area contributed by atoms with Gasteiger partial charge in [-0.15, -0.1) is 0 Å². The van der Waals surface area contributed by atoms with Crippen molar-refractivity contribution >= 4 is 17.0 Å². The van der Waals surface area contributed by atoms with Crippen molar-refractivity contribution in [2.75, 3.05) is 20.8 Å². The lowest BCUT2D eigenvalue weighted by molar-refractivity contribution is -0.0480. The normalized spacial score (nSPS) is 12.9. The van der Waals surface area contributed by atoms with Crippen molar-refractivity contribution in [3.05, 3.63) is 82.9 Å². The molecule has 194 valence electrons. The Bertz CT molecular complexity index is 1360. The zero-order valence-electron chi connectivity index (χ0n) is 20.7. The van der Waals surface area contributed by atoms with Gasteiger partial charge in [0.2, 0.25) is 0 Å². The van der Waals surface area contributed by atoms with E-state index in [1.807, 2.05) is 6.92 Å². The van der Waals surface area contributed by atoms with Crippen LogP contribution in [0.4, 0.5) is 4.39 Å². The lowest BCUT2D eigenvalue weighted by atomic mass is 10.0. The first kappa shape index (κ1) is 26.1. The number of aromatic carboxylic acids is 1. The van der Waals surface area contributed by atoms with Crippen LogP contribution in [0.1, 0.15) is 33.2 Å². The van der Waals surface area contributed by atoms with Gasteiger partial charge in [0.1, 0.15) is 40.6 Å². The van der Waals surface area contributed by atoms with Gasteiger partial charge in [-0.2, -0.15) is 5.10 Å². The van der Waals surface area contributed by atoms with E-state index in [0.717, 1.165) is 11.1 Å². The number of methoxy groups -OCH3 is 2. The van der Waals surface area contributed by atoms with E-state index >= 15 is 0 Å². The molecule has 0 radical (unpaired) electrons. The molecule has 2 aromatic carbocycles. The monoisotopic (exact) mass is 509 g/mol. The number of benzene rings is 2. The SMILES string of the molecule is COc1cc([C@@H](O)[C@H](Cn2cc3nccc(C(=O)O)c3n2)OCCc2ccc(F)cc2)cc(OC)c1C. The van der Waals surface area contributed by atoms with Crippen LogP contribution in [0.3, 0.4) is 0 Å². The van der Waals surface area contributed by atoms with E-state index in [2.05, 4.69) is 10.1 Å². The third-order valence-corrected chi connectivity index (χ3v) is 6.15. The fraction of sp³-hybridized carbons (Fsp3) is 0.296. The second-order valence-corrected chi connectivity index (χ2v) is 8.53. The minimum absolute atomic E-state index is 0.0334. The minimum atomic E-state index is -1.11. The highest BCUT2D eigenvalue weighted by atomic mass is 19.1. The Balaban J connectivity index is 1.63. The third-order valence-electron chi connectivity index (χ3n) is 6.15. The Morgan fingerprint density at radius 1 is 1.11 bits per heavy atom. The van der Waals surface area contributed by atoms with Crippen LogP contribution in [-0.4, -0.2) is 57.9 Å². The number of nitrogens with zero attached hydrogens (tertiary/aromatic N) is 3. The summed E-state index contributed by atoms with van der Waals surface area (Å²) in [5.74, 6) is -0.318. The number of hydrogen-bond acceptors (Lipinski definition) is 7. The first-order chi connectivity index (χ1) is 17.8. The topological polar surface area (TPSA) is 116 Å². The molecule has 0 unspecified atom stereocenters. The van der Waals surface area contributed by atoms with Gasteiger partial charge in [-0.1, -0.05) is 12.1 Å². The van der Waals surface area contributed by atoms with Gasteiger partial charge < -0.3 is 24.4 Å². The number of ether oxygens (including phenoxy) is 3. The largest absolute Gasteiger partial charge is 0.496 e. The van der Waals surface area contributed by atoms with E-state index in [4.69, 9.17) is 14.2 Å². The first-order valence-electron chi connectivity index (χ1n) is 11.6. The third kappa shape index (κ3) is 5.87. The van der Waals surface area contributed by atoms with Crippen molar-refractivity contribution in [2.24, 2.45) is 0 Å². The molecule has 4 aromatic rings. The summed E-state index contributed by atoms with van der Waals surface area (Å²) in [5.41, 5.74) is 2.89. The van der Waals surface area contributed by atoms with Crippen LogP contribution >= 0.6 is 0 Å². The fourth-order valence-electron chi connectivity index (χ4n) is 4.13. The van der Waals surface area contributed by atoms with Crippen LogP contribution in [0, 0.1) is 12.7 Å². The molecule has 0 fully saturated rings. The van der Waals surface area contributed by atoms with Crippen molar-refractivity contribution in [1.29, 1.82) is 0 Å². The Labute approximate surface area is 213 Å². The number of halogens is 1. The lowest BCUT2D eigenvalue weighted by Gasteiger charge is -2.25. The average Bonchev–Trinajstić information content (AvgIpc) is 3.31. The van der Waals surface area contributed by atoms with Crippen LogP contribution in [0.15, 0.2) is 54.9 Å². The van der Waals surface area contributed by atoms with Crippen LogP contribution in [0.2, 0.25) is 0 Å². The predicted octanol–water partition coefficient (Wildman–Crippen LogP) is 3.96. The Kier molecular flexibility index (Phi) is 8.00. The zero-order valence-corrected chi connectivity index (χ0v) is 20.7. The van der Waals surface area contributed by atoms with Crippen LogP contribution < -0.4 is 9.47 Å².